The highest BCUT2D eigenvalue weighted by atomic mass is 31.2. The quantitative estimate of drug-likeness (QED) is 0.166. The van der Waals surface area contributed by atoms with Crippen LogP contribution in [-0.4, -0.2) is 66.7 Å². The van der Waals surface area contributed by atoms with E-state index in [1.165, 1.54) is 6.08 Å². The molecule has 2 heterocycles. The molecule has 0 spiro atoms. The average Bonchev–Trinajstić information content (AvgIpc) is 3.37. The fourth-order valence-corrected chi connectivity index (χ4v) is 5.09. The summed E-state index contributed by atoms with van der Waals surface area (Å²) in [4.78, 5) is 31.0. The number of ether oxygens (including phenoxy) is 1. The summed E-state index contributed by atoms with van der Waals surface area (Å²) in [6.07, 6.45) is 6.77. The minimum absolute atomic E-state index is 0.0176. The van der Waals surface area contributed by atoms with Crippen molar-refractivity contribution < 1.29 is 28.0 Å². The van der Waals surface area contributed by atoms with E-state index in [4.69, 9.17) is 13.8 Å². The largest absolute Gasteiger partial charge is 0.497 e. The molecule has 43 heavy (non-hydrogen) atoms. The zero-order valence-corrected chi connectivity index (χ0v) is 25.6. The number of nitrogens with zero attached hydrogens (tertiary/aromatic N) is 5. The van der Waals surface area contributed by atoms with E-state index in [1.54, 1.807) is 73.3 Å². The minimum atomic E-state index is -4.26. The van der Waals surface area contributed by atoms with Gasteiger partial charge in [-0.2, -0.15) is 5.26 Å². The van der Waals surface area contributed by atoms with Gasteiger partial charge in [0.1, 0.15) is 18.1 Å². The van der Waals surface area contributed by atoms with E-state index in [9.17, 15) is 19.5 Å². The molecular weight excluding hydrogens is 569 g/mol. The third-order valence-corrected chi connectivity index (χ3v) is 7.60. The molecule has 0 aliphatic rings. The Bertz CT molecular complexity index is 1740. The summed E-state index contributed by atoms with van der Waals surface area (Å²) < 4.78 is 29.4. The Kier molecular flexibility index (Phi) is 10.1. The van der Waals surface area contributed by atoms with Gasteiger partial charge in [0.15, 0.2) is 0 Å². The first-order valence-electron chi connectivity index (χ1n) is 13.4. The second-order valence-electron chi connectivity index (χ2n) is 9.93. The number of phosphoric acid groups is 1. The Hall–Kier alpha value is -4.30. The van der Waals surface area contributed by atoms with Crippen LogP contribution in [-0.2, 0) is 25.1 Å². The number of pyridine rings is 1. The zero-order chi connectivity index (χ0) is 31.1. The molecule has 4 aromatic rings. The van der Waals surface area contributed by atoms with Crippen LogP contribution in [0.25, 0.3) is 33.3 Å². The van der Waals surface area contributed by atoms with Crippen LogP contribution in [0.15, 0.2) is 73.1 Å². The smallest absolute Gasteiger partial charge is 0.473 e. The van der Waals surface area contributed by atoms with Crippen molar-refractivity contribution in [3.8, 4) is 34.1 Å². The summed E-state index contributed by atoms with van der Waals surface area (Å²) in [6.45, 7) is 1.97. The van der Waals surface area contributed by atoms with E-state index in [0.717, 1.165) is 27.6 Å². The lowest BCUT2D eigenvalue weighted by Crippen LogP contribution is -2.24. The van der Waals surface area contributed by atoms with Crippen LogP contribution in [0.4, 0.5) is 5.69 Å². The minimum Gasteiger partial charge on any atom is -0.497 e. The summed E-state index contributed by atoms with van der Waals surface area (Å²) >= 11 is 0. The number of hydrogen-bond acceptors (Lipinski definition) is 8. The van der Waals surface area contributed by atoms with Gasteiger partial charge < -0.3 is 24.0 Å². The first-order chi connectivity index (χ1) is 20.5. The van der Waals surface area contributed by atoms with Crippen LogP contribution < -0.4 is 9.64 Å². The predicted octanol–water partition coefficient (Wildman–Crippen LogP) is 5.44. The van der Waals surface area contributed by atoms with Gasteiger partial charge in [-0.25, -0.2) is 9.55 Å². The van der Waals surface area contributed by atoms with Gasteiger partial charge in [0.2, 0.25) is 5.91 Å². The summed E-state index contributed by atoms with van der Waals surface area (Å²) in [5.74, 6) is 0.381. The van der Waals surface area contributed by atoms with Crippen molar-refractivity contribution in [2.24, 2.45) is 0 Å². The van der Waals surface area contributed by atoms with E-state index in [1.807, 2.05) is 43.3 Å². The molecule has 1 amide bonds. The number of benzene rings is 2. The number of carbonyl (C=O) groups excluding carboxylic acids is 1. The van der Waals surface area contributed by atoms with Crippen molar-refractivity contribution in [2.75, 3.05) is 46.3 Å². The topological polar surface area (TPSA) is 130 Å². The van der Waals surface area contributed by atoms with Crippen molar-refractivity contribution >= 4 is 30.5 Å². The fraction of sp³-hybridized carbons (Fsp3) is 0.258. The molecule has 0 radical (unpaired) electrons. The Balaban J connectivity index is 1.80. The van der Waals surface area contributed by atoms with Crippen LogP contribution in [0.2, 0.25) is 0 Å². The number of carbonyl (C=O) groups is 1. The van der Waals surface area contributed by atoms with Gasteiger partial charge in [0, 0.05) is 60.3 Å². The summed E-state index contributed by atoms with van der Waals surface area (Å²) in [7, 11) is 2.86. The highest BCUT2D eigenvalue weighted by Crippen LogP contribution is 2.44. The van der Waals surface area contributed by atoms with Gasteiger partial charge in [-0.3, -0.25) is 13.8 Å². The normalized spacial score (nSPS) is 12.9. The molecule has 11 nitrogen and oxygen atoms in total. The SMILES string of the molecule is CCOP(=O)(O)OCn1cc(-c2cccc(C#N)c2)c2cc(-c3cc(OC)cc(N(C)C(=O)C=CCN(C)C)c3)cnc21. The number of hydrogen-bond donors (Lipinski definition) is 1. The molecule has 0 aliphatic heterocycles. The maximum atomic E-state index is 12.9. The number of nitriles is 1. The van der Waals surface area contributed by atoms with Crippen LogP contribution in [0.1, 0.15) is 12.5 Å². The number of aromatic nitrogens is 2. The number of amides is 1. The Morgan fingerprint density at radius 2 is 1.91 bits per heavy atom. The lowest BCUT2D eigenvalue weighted by atomic mass is 10.0. The van der Waals surface area contributed by atoms with Crippen molar-refractivity contribution in [1.82, 2.24) is 14.5 Å². The van der Waals surface area contributed by atoms with Crippen molar-refractivity contribution in [3.05, 3.63) is 78.6 Å². The van der Waals surface area contributed by atoms with E-state index in [2.05, 4.69) is 11.1 Å². The molecule has 0 saturated carbocycles. The summed E-state index contributed by atoms with van der Waals surface area (Å²) in [6, 6.07) is 16.7. The fourth-order valence-electron chi connectivity index (χ4n) is 4.41. The number of methoxy groups -OCH3 is 1. The maximum absolute atomic E-state index is 12.9. The molecule has 0 bridgehead atoms. The molecule has 1 N–H and O–H groups in total. The third-order valence-electron chi connectivity index (χ3n) is 6.58. The molecule has 12 heteroatoms. The second kappa shape index (κ2) is 13.8. The van der Waals surface area contributed by atoms with Gasteiger partial charge in [0.05, 0.1) is 25.3 Å². The molecule has 0 aliphatic carbocycles. The first kappa shape index (κ1) is 31.6. The molecule has 224 valence electrons. The van der Waals surface area contributed by atoms with Crippen molar-refractivity contribution in [3.63, 3.8) is 0 Å². The van der Waals surface area contributed by atoms with Gasteiger partial charge in [0.25, 0.3) is 0 Å². The first-order valence-corrected chi connectivity index (χ1v) is 14.9. The lowest BCUT2D eigenvalue weighted by Gasteiger charge is -2.18. The van der Waals surface area contributed by atoms with Crippen LogP contribution >= 0.6 is 7.82 Å². The Morgan fingerprint density at radius 3 is 2.60 bits per heavy atom. The molecule has 2 aromatic carbocycles. The summed E-state index contributed by atoms with van der Waals surface area (Å²) in [5, 5.41) is 10.2. The van der Waals surface area contributed by atoms with E-state index < -0.39 is 7.82 Å². The molecule has 2 aromatic heterocycles. The highest BCUT2D eigenvalue weighted by Gasteiger charge is 2.22. The molecule has 0 fully saturated rings. The number of phosphoric ester groups is 1. The third kappa shape index (κ3) is 7.76. The van der Waals surface area contributed by atoms with E-state index >= 15 is 0 Å². The molecule has 1 unspecified atom stereocenters. The second-order valence-corrected chi connectivity index (χ2v) is 11.4. The maximum Gasteiger partial charge on any atom is 0.473 e. The predicted molar refractivity (Wildman–Crippen MR) is 166 cm³/mol. The molecule has 0 saturated heterocycles. The lowest BCUT2D eigenvalue weighted by molar-refractivity contribution is -0.113. The number of likely N-dealkylation sites (N-methyl/N-ethyl adjacent to an activating group) is 2. The number of fused-ring (bicyclic) bond motifs is 1. The Morgan fingerprint density at radius 1 is 1.12 bits per heavy atom. The van der Waals surface area contributed by atoms with Gasteiger partial charge >= 0.3 is 7.82 Å². The van der Waals surface area contributed by atoms with Crippen molar-refractivity contribution in [2.45, 2.75) is 13.7 Å². The number of rotatable bonds is 12. The van der Waals surface area contributed by atoms with Gasteiger partial charge in [-0.05, 0) is 62.5 Å². The highest BCUT2D eigenvalue weighted by molar-refractivity contribution is 7.47. The monoisotopic (exact) mass is 603 g/mol. The van der Waals surface area contributed by atoms with Gasteiger partial charge in [-0.15, -0.1) is 0 Å². The van der Waals surface area contributed by atoms with Crippen LogP contribution in [0.5, 0.6) is 5.75 Å². The standard InChI is InChI=1S/C31H34N5O6P/c1-6-41-43(38,39)42-21-36-20-29(23-10-7-9-22(13-23)18-32)28-16-25(19-33-31(28)36)24-14-26(17-27(15-24)40-5)35(4)30(37)11-8-12-34(2)3/h7-11,13-17,19-20H,6,12,21H2,1-5H3,(H,38,39). The van der Waals surface area contributed by atoms with E-state index in [-0.39, 0.29) is 19.2 Å². The molecular formula is C31H34N5O6P. The van der Waals surface area contributed by atoms with Crippen LogP contribution in [0.3, 0.4) is 0 Å². The van der Waals surface area contributed by atoms with Gasteiger partial charge in [-0.1, -0.05) is 18.2 Å². The van der Waals surface area contributed by atoms with E-state index in [0.29, 0.717) is 29.2 Å². The number of anilines is 1. The molecule has 4 rings (SSSR count). The average molecular weight is 604 g/mol. The van der Waals surface area contributed by atoms with Crippen LogP contribution in [0, 0.1) is 11.3 Å². The Labute approximate surface area is 250 Å². The molecule has 1 atom stereocenters. The zero-order valence-electron chi connectivity index (χ0n) is 24.7. The van der Waals surface area contributed by atoms with Crippen molar-refractivity contribution in [1.29, 1.82) is 5.26 Å². The summed E-state index contributed by atoms with van der Waals surface area (Å²) in [5.41, 5.74) is 4.64.